The molecule has 1 unspecified atom stereocenters. The number of para-hydroxylation sites is 1. The lowest BCUT2D eigenvalue weighted by Crippen LogP contribution is -2.48. The number of rotatable bonds is 7. The molecule has 6 heteroatoms. The monoisotopic (exact) mass is 427 g/mol. The second-order valence-corrected chi connectivity index (χ2v) is 8.41. The highest BCUT2D eigenvalue weighted by molar-refractivity contribution is 5.98. The Hall–Kier alpha value is -3.72. The molecular weight excluding hydrogens is 402 g/mol. The number of hydrogen-bond acceptors (Lipinski definition) is 5. The summed E-state index contributed by atoms with van der Waals surface area (Å²) in [5, 5.41) is 13.1. The number of benzene rings is 2. The van der Waals surface area contributed by atoms with Crippen molar-refractivity contribution >= 4 is 22.8 Å². The SMILES string of the molecule is Cc1nc2ccccc2c(-c2ccccc2)c1CC(=O)OCC(=O)NC(C)(C#N)C1CC1. The molecule has 1 aliphatic rings. The van der Waals surface area contributed by atoms with Crippen molar-refractivity contribution in [3.63, 3.8) is 0 Å². The molecule has 1 aliphatic carbocycles. The van der Waals surface area contributed by atoms with Crippen LogP contribution < -0.4 is 5.32 Å². The molecule has 32 heavy (non-hydrogen) atoms. The van der Waals surface area contributed by atoms with E-state index in [1.807, 2.05) is 61.5 Å². The van der Waals surface area contributed by atoms with Crippen molar-refractivity contribution in [3.05, 3.63) is 65.9 Å². The largest absolute Gasteiger partial charge is 0.455 e. The van der Waals surface area contributed by atoms with Crippen LogP contribution in [0.1, 0.15) is 31.0 Å². The fourth-order valence-electron chi connectivity index (χ4n) is 4.07. The summed E-state index contributed by atoms with van der Waals surface area (Å²) in [5.74, 6) is -0.819. The number of ether oxygens (including phenoxy) is 1. The molecule has 162 valence electrons. The highest BCUT2D eigenvalue weighted by atomic mass is 16.5. The summed E-state index contributed by atoms with van der Waals surface area (Å²) >= 11 is 0. The van der Waals surface area contributed by atoms with E-state index in [0.29, 0.717) is 0 Å². The van der Waals surface area contributed by atoms with Gasteiger partial charge in [-0.2, -0.15) is 5.26 Å². The predicted octanol–water partition coefficient (Wildman–Crippen LogP) is 4.10. The Morgan fingerprint density at radius 3 is 2.53 bits per heavy atom. The summed E-state index contributed by atoms with van der Waals surface area (Å²) in [5.41, 5.74) is 3.40. The van der Waals surface area contributed by atoms with Crippen LogP contribution in [0.4, 0.5) is 0 Å². The summed E-state index contributed by atoms with van der Waals surface area (Å²) in [6.07, 6.45) is 1.83. The molecule has 1 aromatic heterocycles. The fourth-order valence-corrected chi connectivity index (χ4v) is 4.07. The van der Waals surface area contributed by atoms with Crippen LogP contribution in [0.5, 0.6) is 0 Å². The number of hydrogen-bond donors (Lipinski definition) is 1. The summed E-state index contributed by atoms with van der Waals surface area (Å²) in [4.78, 5) is 29.6. The Bertz CT molecular complexity index is 1210. The zero-order valence-corrected chi connectivity index (χ0v) is 18.2. The first kappa shape index (κ1) is 21.5. The third kappa shape index (κ3) is 4.47. The number of esters is 1. The first-order chi connectivity index (χ1) is 15.4. The van der Waals surface area contributed by atoms with E-state index in [0.717, 1.165) is 46.1 Å². The molecule has 2 aromatic carbocycles. The quantitative estimate of drug-likeness (QED) is 0.573. The number of carbonyl (C=O) groups is 2. The molecule has 1 saturated carbocycles. The van der Waals surface area contributed by atoms with Gasteiger partial charge in [-0.15, -0.1) is 0 Å². The minimum atomic E-state index is -0.914. The number of carbonyl (C=O) groups excluding carboxylic acids is 2. The van der Waals surface area contributed by atoms with Crippen LogP contribution in [0.3, 0.4) is 0 Å². The average molecular weight is 428 g/mol. The van der Waals surface area contributed by atoms with Gasteiger partial charge in [0.25, 0.3) is 5.91 Å². The Labute approximate surface area is 187 Å². The number of aromatic nitrogens is 1. The molecular formula is C26H25N3O3. The topological polar surface area (TPSA) is 92.1 Å². The fraction of sp³-hybridized carbons (Fsp3) is 0.308. The van der Waals surface area contributed by atoms with Gasteiger partial charge in [-0.1, -0.05) is 48.5 Å². The molecule has 3 aromatic rings. The van der Waals surface area contributed by atoms with Gasteiger partial charge >= 0.3 is 5.97 Å². The molecule has 1 heterocycles. The number of aryl methyl sites for hydroxylation is 1. The van der Waals surface area contributed by atoms with Crippen LogP contribution in [0.15, 0.2) is 54.6 Å². The van der Waals surface area contributed by atoms with Crippen molar-refractivity contribution in [3.8, 4) is 17.2 Å². The molecule has 1 N–H and O–H groups in total. The van der Waals surface area contributed by atoms with E-state index in [1.54, 1.807) is 6.92 Å². The number of nitrogens with zero attached hydrogens (tertiary/aromatic N) is 2. The summed E-state index contributed by atoms with van der Waals surface area (Å²) in [6, 6.07) is 19.9. The normalized spacial score (nSPS) is 14.9. The number of pyridine rings is 1. The van der Waals surface area contributed by atoms with Gasteiger partial charge in [0.05, 0.1) is 18.0 Å². The molecule has 0 saturated heterocycles. The first-order valence-electron chi connectivity index (χ1n) is 10.7. The van der Waals surface area contributed by atoms with Crippen molar-refractivity contribution in [1.82, 2.24) is 10.3 Å². The molecule has 6 nitrogen and oxygen atoms in total. The van der Waals surface area contributed by atoms with Gasteiger partial charge in [0.1, 0.15) is 5.54 Å². The second kappa shape index (κ2) is 8.80. The number of nitriles is 1. The highest BCUT2D eigenvalue weighted by Crippen LogP contribution is 2.39. The van der Waals surface area contributed by atoms with E-state index in [2.05, 4.69) is 16.4 Å². The summed E-state index contributed by atoms with van der Waals surface area (Å²) < 4.78 is 5.27. The minimum absolute atomic E-state index is 0.000676. The van der Waals surface area contributed by atoms with E-state index in [-0.39, 0.29) is 12.3 Å². The molecule has 0 aliphatic heterocycles. The van der Waals surface area contributed by atoms with Gasteiger partial charge in [0, 0.05) is 11.1 Å². The average Bonchev–Trinajstić information content (AvgIpc) is 3.65. The molecule has 1 amide bonds. The van der Waals surface area contributed by atoms with Crippen LogP contribution in [0.2, 0.25) is 0 Å². The maximum atomic E-state index is 12.7. The molecule has 1 atom stereocenters. The van der Waals surface area contributed by atoms with Gasteiger partial charge in [-0.3, -0.25) is 14.6 Å². The predicted molar refractivity (Wildman–Crippen MR) is 121 cm³/mol. The van der Waals surface area contributed by atoms with Crippen LogP contribution in [-0.4, -0.2) is 29.0 Å². The maximum absolute atomic E-state index is 12.7. The lowest BCUT2D eigenvalue weighted by atomic mass is 9.93. The van der Waals surface area contributed by atoms with Gasteiger partial charge in [-0.25, -0.2) is 0 Å². The van der Waals surface area contributed by atoms with Crippen molar-refractivity contribution in [2.24, 2.45) is 5.92 Å². The Kier molecular flexibility index (Phi) is 5.91. The zero-order chi connectivity index (χ0) is 22.7. The Morgan fingerprint density at radius 2 is 1.84 bits per heavy atom. The minimum Gasteiger partial charge on any atom is -0.455 e. The molecule has 1 fully saturated rings. The van der Waals surface area contributed by atoms with Gasteiger partial charge in [-0.05, 0) is 55.4 Å². The van der Waals surface area contributed by atoms with Crippen LogP contribution in [-0.2, 0) is 20.7 Å². The molecule has 0 radical (unpaired) electrons. The van der Waals surface area contributed by atoms with E-state index >= 15 is 0 Å². The molecule has 0 bridgehead atoms. The van der Waals surface area contributed by atoms with E-state index < -0.39 is 24.0 Å². The van der Waals surface area contributed by atoms with Crippen LogP contribution in [0.25, 0.3) is 22.0 Å². The standard InChI is InChI=1S/C26H25N3O3/c1-17-21(14-24(31)32-15-23(30)29-26(2,16-27)19-12-13-19)25(18-8-4-3-5-9-18)20-10-6-7-11-22(20)28-17/h3-11,19H,12-15H2,1-2H3,(H,29,30). The summed E-state index contributed by atoms with van der Waals surface area (Å²) in [7, 11) is 0. The van der Waals surface area contributed by atoms with Crippen molar-refractivity contribution < 1.29 is 14.3 Å². The third-order valence-corrected chi connectivity index (χ3v) is 5.97. The lowest BCUT2D eigenvalue weighted by Gasteiger charge is -2.22. The molecule has 4 rings (SSSR count). The summed E-state index contributed by atoms with van der Waals surface area (Å²) in [6.45, 7) is 3.17. The smallest absolute Gasteiger partial charge is 0.310 e. The van der Waals surface area contributed by atoms with Crippen molar-refractivity contribution in [1.29, 1.82) is 5.26 Å². The third-order valence-electron chi connectivity index (χ3n) is 5.97. The molecule has 0 spiro atoms. The maximum Gasteiger partial charge on any atom is 0.310 e. The van der Waals surface area contributed by atoms with E-state index in [9.17, 15) is 14.9 Å². The van der Waals surface area contributed by atoms with Gasteiger partial charge in [0.15, 0.2) is 6.61 Å². The van der Waals surface area contributed by atoms with Crippen LogP contribution in [0, 0.1) is 24.2 Å². The van der Waals surface area contributed by atoms with Crippen molar-refractivity contribution in [2.45, 2.75) is 38.6 Å². The van der Waals surface area contributed by atoms with Crippen LogP contribution >= 0.6 is 0 Å². The number of fused-ring (bicyclic) bond motifs is 1. The van der Waals surface area contributed by atoms with Crippen molar-refractivity contribution in [2.75, 3.05) is 6.61 Å². The lowest BCUT2D eigenvalue weighted by molar-refractivity contribution is -0.148. The van der Waals surface area contributed by atoms with Gasteiger partial charge in [0.2, 0.25) is 0 Å². The first-order valence-corrected chi connectivity index (χ1v) is 10.7. The number of amides is 1. The second-order valence-electron chi connectivity index (χ2n) is 8.41. The van der Waals surface area contributed by atoms with Gasteiger partial charge < -0.3 is 10.1 Å². The van der Waals surface area contributed by atoms with E-state index in [1.165, 1.54) is 0 Å². The van der Waals surface area contributed by atoms with E-state index in [4.69, 9.17) is 4.74 Å². The Morgan fingerprint density at radius 1 is 1.16 bits per heavy atom. The zero-order valence-electron chi connectivity index (χ0n) is 18.2. The highest BCUT2D eigenvalue weighted by Gasteiger charge is 2.43. The number of nitrogens with one attached hydrogen (secondary N) is 1. The Balaban J connectivity index is 1.54.